The number of hydrogen-bond acceptors (Lipinski definition) is 2. The van der Waals surface area contributed by atoms with Gasteiger partial charge in [-0.05, 0) is 103 Å². The first-order chi connectivity index (χ1) is 14.6. The van der Waals surface area contributed by atoms with E-state index in [4.69, 9.17) is 9.47 Å². The second-order valence-electron chi connectivity index (χ2n) is 9.13. The van der Waals surface area contributed by atoms with Gasteiger partial charge in [0.15, 0.2) is 0 Å². The monoisotopic (exact) mass is 400 g/mol. The van der Waals surface area contributed by atoms with Gasteiger partial charge in [-0.2, -0.15) is 0 Å². The van der Waals surface area contributed by atoms with E-state index in [9.17, 15) is 0 Å². The lowest BCUT2D eigenvalue weighted by Gasteiger charge is -2.30. The van der Waals surface area contributed by atoms with Crippen molar-refractivity contribution in [2.45, 2.75) is 38.5 Å². The number of fused-ring (bicyclic) bond motifs is 6. The molecule has 3 aliphatic rings. The number of rotatable bonds is 6. The molecule has 0 amide bonds. The molecule has 2 aromatic carbocycles. The highest BCUT2D eigenvalue weighted by Gasteiger charge is 2.57. The molecule has 0 saturated heterocycles. The summed E-state index contributed by atoms with van der Waals surface area (Å²) >= 11 is 0. The van der Waals surface area contributed by atoms with Gasteiger partial charge in [-0.15, -0.1) is 13.2 Å². The summed E-state index contributed by atoms with van der Waals surface area (Å²) in [6, 6.07) is 13.4. The van der Waals surface area contributed by atoms with Crippen molar-refractivity contribution in [3.63, 3.8) is 0 Å². The fraction of sp³-hybridized carbons (Fsp3) is 0.429. The maximum atomic E-state index is 5.92. The van der Waals surface area contributed by atoms with Crippen LogP contribution in [0.3, 0.4) is 0 Å². The van der Waals surface area contributed by atoms with Crippen LogP contribution in [0.4, 0.5) is 0 Å². The van der Waals surface area contributed by atoms with Gasteiger partial charge in [0.05, 0.1) is 13.2 Å². The van der Waals surface area contributed by atoms with Crippen LogP contribution in [-0.2, 0) is 5.41 Å². The van der Waals surface area contributed by atoms with E-state index in [1.165, 1.54) is 41.5 Å². The Morgan fingerprint density at radius 1 is 0.833 bits per heavy atom. The SMILES string of the molecule is C=CC1CC(C=C)C2CC3(CC12)c1cc(OCC)ccc1-c1ccc(OCC)cc13. The molecule has 0 bridgehead atoms. The van der Waals surface area contributed by atoms with Crippen molar-refractivity contribution in [2.75, 3.05) is 13.2 Å². The number of allylic oxidation sites excluding steroid dienone is 2. The van der Waals surface area contributed by atoms with Gasteiger partial charge < -0.3 is 9.47 Å². The highest BCUT2D eigenvalue weighted by molar-refractivity contribution is 5.82. The molecule has 156 valence electrons. The third kappa shape index (κ3) is 2.69. The van der Waals surface area contributed by atoms with Gasteiger partial charge in [0, 0.05) is 5.41 Å². The molecule has 0 N–H and O–H groups in total. The second kappa shape index (κ2) is 7.34. The largest absolute Gasteiger partial charge is 0.494 e. The van der Waals surface area contributed by atoms with Crippen molar-refractivity contribution < 1.29 is 9.47 Å². The molecule has 4 unspecified atom stereocenters. The maximum Gasteiger partial charge on any atom is 0.119 e. The highest BCUT2D eigenvalue weighted by atomic mass is 16.5. The summed E-state index contributed by atoms with van der Waals surface area (Å²) in [6.07, 6.45) is 7.94. The summed E-state index contributed by atoms with van der Waals surface area (Å²) in [5, 5.41) is 0. The van der Waals surface area contributed by atoms with E-state index in [1.807, 2.05) is 0 Å². The van der Waals surface area contributed by atoms with E-state index >= 15 is 0 Å². The molecule has 2 heteroatoms. The van der Waals surface area contributed by atoms with Crippen LogP contribution in [-0.4, -0.2) is 13.2 Å². The van der Waals surface area contributed by atoms with Crippen molar-refractivity contribution in [1.29, 1.82) is 0 Å². The molecular weight excluding hydrogens is 368 g/mol. The average molecular weight is 401 g/mol. The molecule has 0 aromatic heterocycles. The van der Waals surface area contributed by atoms with Gasteiger partial charge in [-0.3, -0.25) is 0 Å². The molecule has 4 atom stereocenters. The molecule has 30 heavy (non-hydrogen) atoms. The van der Waals surface area contributed by atoms with Crippen molar-refractivity contribution in [3.05, 3.63) is 72.8 Å². The number of benzene rings is 2. The summed E-state index contributed by atoms with van der Waals surface area (Å²) in [5.41, 5.74) is 5.64. The third-order valence-electron chi connectivity index (χ3n) is 7.89. The predicted molar refractivity (Wildman–Crippen MR) is 123 cm³/mol. The summed E-state index contributed by atoms with van der Waals surface area (Å²) < 4.78 is 11.8. The van der Waals surface area contributed by atoms with Crippen LogP contribution < -0.4 is 9.47 Å². The van der Waals surface area contributed by atoms with E-state index in [0.717, 1.165) is 11.5 Å². The Morgan fingerprint density at radius 3 is 1.70 bits per heavy atom. The summed E-state index contributed by atoms with van der Waals surface area (Å²) in [4.78, 5) is 0. The minimum Gasteiger partial charge on any atom is -0.494 e. The summed E-state index contributed by atoms with van der Waals surface area (Å²) in [5.74, 6) is 4.44. The first-order valence-electron chi connectivity index (χ1n) is 11.4. The van der Waals surface area contributed by atoms with Gasteiger partial charge in [0.1, 0.15) is 11.5 Å². The molecule has 0 heterocycles. The second-order valence-corrected chi connectivity index (χ2v) is 9.13. The van der Waals surface area contributed by atoms with Gasteiger partial charge in [0.25, 0.3) is 0 Å². The first-order valence-corrected chi connectivity index (χ1v) is 11.4. The van der Waals surface area contributed by atoms with Gasteiger partial charge >= 0.3 is 0 Å². The zero-order chi connectivity index (χ0) is 20.9. The third-order valence-corrected chi connectivity index (χ3v) is 7.89. The Balaban J connectivity index is 1.68. The Kier molecular flexibility index (Phi) is 4.76. The van der Waals surface area contributed by atoms with Crippen LogP contribution in [0.15, 0.2) is 61.7 Å². The fourth-order valence-corrected chi connectivity index (χ4v) is 6.74. The normalized spacial score (nSPS) is 27.4. The Labute approximate surface area is 180 Å². The lowest BCUT2D eigenvalue weighted by atomic mass is 9.73. The minimum atomic E-state index is 0.0309. The van der Waals surface area contributed by atoms with Crippen molar-refractivity contribution in [1.82, 2.24) is 0 Å². The standard InChI is InChI=1S/C28H32O2/c1-5-18-13-19(6-2)25-17-28(16-24(18)25)26-14-20(29-7-3)9-11-22(26)23-12-10-21(30-8-4)15-27(23)28/h5-6,9-12,14-15,18-19,24-25H,1-2,7-8,13,16-17H2,3-4H3. The van der Waals surface area contributed by atoms with E-state index in [0.29, 0.717) is 36.9 Å². The molecule has 0 radical (unpaired) electrons. The smallest absolute Gasteiger partial charge is 0.119 e. The summed E-state index contributed by atoms with van der Waals surface area (Å²) in [6.45, 7) is 13.8. The van der Waals surface area contributed by atoms with E-state index in [1.54, 1.807) is 0 Å². The van der Waals surface area contributed by atoms with E-state index < -0.39 is 0 Å². The van der Waals surface area contributed by atoms with Crippen LogP contribution >= 0.6 is 0 Å². The minimum absolute atomic E-state index is 0.0309. The Hall–Kier alpha value is -2.48. The molecule has 2 saturated carbocycles. The van der Waals surface area contributed by atoms with Crippen LogP contribution in [0.2, 0.25) is 0 Å². The quantitative estimate of drug-likeness (QED) is 0.497. The Morgan fingerprint density at radius 2 is 1.30 bits per heavy atom. The molecule has 2 aromatic rings. The zero-order valence-corrected chi connectivity index (χ0v) is 18.2. The number of hydrogen-bond donors (Lipinski definition) is 0. The Bertz CT molecular complexity index is 909. The van der Waals surface area contributed by atoms with Gasteiger partial charge in [-0.25, -0.2) is 0 Å². The van der Waals surface area contributed by atoms with Crippen LogP contribution in [0, 0.1) is 23.7 Å². The van der Waals surface area contributed by atoms with Crippen molar-refractivity contribution in [2.24, 2.45) is 23.7 Å². The summed E-state index contributed by atoms with van der Waals surface area (Å²) in [7, 11) is 0. The van der Waals surface area contributed by atoms with Crippen molar-refractivity contribution >= 4 is 0 Å². The first kappa shape index (κ1) is 19.5. The molecule has 2 nitrogen and oxygen atoms in total. The van der Waals surface area contributed by atoms with E-state index in [-0.39, 0.29) is 5.41 Å². The van der Waals surface area contributed by atoms with Gasteiger partial charge in [0.2, 0.25) is 0 Å². The fourth-order valence-electron chi connectivity index (χ4n) is 6.74. The number of ether oxygens (including phenoxy) is 2. The van der Waals surface area contributed by atoms with Crippen molar-refractivity contribution in [3.8, 4) is 22.6 Å². The molecule has 1 spiro atoms. The topological polar surface area (TPSA) is 18.5 Å². The molecule has 0 aliphatic heterocycles. The van der Waals surface area contributed by atoms with Crippen LogP contribution in [0.25, 0.3) is 11.1 Å². The lowest BCUT2D eigenvalue weighted by molar-refractivity contribution is 0.337. The molecule has 3 aliphatic carbocycles. The average Bonchev–Trinajstić information content (AvgIpc) is 3.38. The van der Waals surface area contributed by atoms with E-state index in [2.05, 4.69) is 75.6 Å². The van der Waals surface area contributed by atoms with Gasteiger partial charge in [-0.1, -0.05) is 24.3 Å². The zero-order valence-electron chi connectivity index (χ0n) is 18.2. The molecular formula is C28H32O2. The molecule has 2 fully saturated rings. The molecule has 5 rings (SSSR count). The highest BCUT2D eigenvalue weighted by Crippen LogP contribution is 2.66. The predicted octanol–water partition coefficient (Wildman–Crippen LogP) is 6.78. The van der Waals surface area contributed by atoms with Crippen LogP contribution in [0.5, 0.6) is 11.5 Å². The lowest BCUT2D eigenvalue weighted by Crippen LogP contribution is -2.24. The maximum absolute atomic E-state index is 5.92. The van der Waals surface area contributed by atoms with Crippen LogP contribution in [0.1, 0.15) is 44.2 Å².